The third-order valence-corrected chi connectivity index (χ3v) is 3.19. The van der Waals surface area contributed by atoms with Crippen LogP contribution in [0.3, 0.4) is 0 Å². The summed E-state index contributed by atoms with van der Waals surface area (Å²) >= 11 is 3.47. The predicted molar refractivity (Wildman–Crippen MR) is 72.8 cm³/mol. The second-order valence-corrected chi connectivity index (χ2v) is 4.92. The molecule has 0 amide bonds. The van der Waals surface area contributed by atoms with Crippen LogP contribution < -0.4 is 5.32 Å². The summed E-state index contributed by atoms with van der Waals surface area (Å²) in [5.74, 6) is 0. The Kier molecular flexibility index (Phi) is 4.34. The van der Waals surface area contributed by atoms with Gasteiger partial charge >= 0.3 is 0 Å². The van der Waals surface area contributed by atoms with Gasteiger partial charge in [-0.05, 0) is 23.8 Å². The van der Waals surface area contributed by atoms with E-state index in [-0.39, 0.29) is 0 Å². The zero-order chi connectivity index (χ0) is 12.1. The molecule has 2 aromatic rings. The zero-order valence-electron chi connectivity index (χ0n) is 9.86. The minimum absolute atomic E-state index is 0.900. The number of nitrogens with zero attached hydrogens (tertiary/aromatic N) is 2. The van der Waals surface area contributed by atoms with E-state index in [9.17, 15) is 0 Å². The molecule has 1 aromatic heterocycles. The number of aromatic nitrogens is 2. The van der Waals surface area contributed by atoms with E-state index in [1.807, 2.05) is 24.0 Å². The molecule has 0 radical (unpaired) electrons. The van der Waals surface area contributed by atoms with Crippen molar-refractivity contribution in [2.75, 3.05) is 6.54 Å². The monoisotopic (exact) mass is 293 g/mol. The molecule has 0 aliphatic carbocycles. The van der Waals surface area contributed by atoms with E-state index in [1.165, 1.54) is 11.3 Å². The molecule has 0 aliphatic heterocycles. The second kappa shape index (κ2) is 5.98. The summed E-state index contributed by atoms with van der Waals surface area (Å²) < 4.78 is 3.05. The summed E-state index contributed by atoms with van der Waals surface area (Å²) in [5, 5.41) is 7.58. The van der Waals surface area contributed by atoms with Crippen molar-refractivity contribution < 1.29 is 0 Å². The molecule has 90 valence electrons. The Hall–Kier alpha value is -1.13. The van der Waals surface area contributed by atoms with Crippen LogP contribution >= 0.6 is 15.9 Å². The highest BCUT2D eigenvalue weighted by molar-refractivity contribution is 9.10. The van der Waals surface area contributed by atoms with Crippen LogP contribution in [-0.2, 0) is 20.0 Å². The van der Waals surface area contributed by atoms with Crippen molar-refractivity contribution in [2.24, 2.45) is 7.05 Å². The lowest BCUT2D eigenvalue weighted by atomic mass is 10.2. The molecular formula is C13H16BrN3. The van der Waals surface area contributed by atoms with Gasteiger partial charge in [0.1, 0.15) is 0 Å². The van der Waals surface area contributed by atoms with Gasteiger partial charge in [-0.15, -0.1) is 0 Å². The Morgan fingerprint density at radius 2 is 2.24 bits per heavy atom. The molecule has 0 saturated carbocycles. The number of halogens is 1. The van der Waals surface area contributed by atoms with Crippen molar-refractivity contribution >= 4 is 15.9 Å². The Bertz CT molecular complexity index is 479. The van der Waals surface area contributed by atoms with Gasteiger partial charge in [0.25, 0.3) is 0 Å². The van der Waals surface area contributed by atoms with Gasteiger partial charge in [-0.25, -0.2) is 0 Å². The van der Waals surface area contributed by atoms with Crippen LogP contribution in [0.4, 0.5) is 0 Å². The number of benzene rings is 1. The van der Waals surface area contributed by atoms with Gasteiger partial charge in [-0.3, -0.25) is 4.68 Å². The summed E-state index contributed by atoms with van der Waals surface area (Å²) in [6.07, 6.45) is 2.84. The number of hydrogen-bond donors (Lipinski definition) is 1. The number of hydrogen-bond acceptors (Lipinski definition) is 2. The molecular weight excluding hydrogens is 278 g/mol. The fourth-order valence-electron chi connectivity index (χ4n) is 1.74. The van der Waals surface area contributed by atoms with Crippen LogP contribution in [0, 0.1) is 0 Å². The fourth-order valence-corrected chi connectivity index (χ4v) is 2.19. The quantitative estimate of drug-likeness (QED) is 0.859. The molecule has 17 heavy (non-hydrogen) atoms. The lowest BCUT2D eigenvalue weighted by molar-refractivity contribution is 0.643. The van der Waals surface area contributed by atoms with E-state index in [2.05, 4.69) is 50.6 Å². The Morgan fingerprint density at radius 1 is 1.35 bits per heavy atom. The van der Waals surface area contributed by atoms with E-state index >= 15 is 0 Å². The maximum atomic E-state index is 4.15. The number of nitrogens with one attached hydrogen (secondary N) is 1. The first-order valence-corrected chi connectivity index (χ1v) is 6.47. The average molecular weight is 294 g/mol. The van der Waals surface area contributed by atoms with E-state index in [4.69, 9.17) is 0 Å². The van der Waals surface area contributed by atoms with Crippen molar-refractivity contribution in [3.63, 3.8) is 0 Å². The van der Waals surface area contributed by atoms with Gasteiger partial charge in [0.05, 0.1) is 0 Å². The van der Waals surface area contributed by atoms with Gasteiger partial charge in [0.15, 0.2) is 0 Å². The standard InChI is InChI=1S/C13H16BrN3/c1-17-13(6-8-16-17)5-7-15-10-11-3-2-4-12(14)9-11/h2-4,6,8-9,15H,5,7,10H2,1H3. The molecule has 0 spiro atoms. The minimum Gasteiger partial charge on any atom is -0.312 e. The Balaban J connectivity index is 1.75. The molecule has 0 atom stereocenters. The van der Waals surface area contributed by atoms with Crippen molar-refractivity contribution in [1.82, 2.24) is 15.1 Å². The molecule has 3 nitrogen and oxygen atoms in total. The minimum atomic E-state index is 0.900. The lowest BCUT2D eigenvalue weighted by Crippen LogP contribution is -2.17. The van der Waals surface area contributed by atoms with Crippen LogP contribution in [0.25, 0.3) is 0 Å². The maximum absolute atomic E-state index is 4.15. The number of aryl methyl sites for hydroxylation is 1. The highest BCUT2D eigenvalue weighted by Gasteiger charge is 1.98. The molecule has 0 fully saturated rings. The van der Waals surface area contributed by atoms with Crippen molar-refractivity contribution in [3.05, 3.63) is 52.3 Å². The van der Waals surface area contributed by atoms with Crippen molar-refractivity contribution in [2.45, 2.75) is 13.0 Å². The Morgan fingerprint density at radius 3 is 2.94 bits per heavy atom. The van der Waals surface area contributed by atoms with E-state index in [1.54, 1.807) is 0 Å². The van der Waals surface area contributed by atoms with Crippen LogP contribution in [0.2, 0.25) is 0 Å². The highest BCUT2D eigenvalue weighted by atomic mass is 79.9. The smallest absolute Gasteiger partial charge is 0.0492 e. The first-order chi connectivity index (χ1) is 8.25. The van der Waals surface area contributed by atoms with E-state index in [0.717, 1.165) is 24.0 Å². The van der Waals surface area contributed by atoms with Crippen LogP contribution in [-0.4, -0.2) is 16.3 Å². The van der Waals surface area contributed by atoms with Crippen LogP contribution in [0.15, 0.2) is 41.0 Å². The van der Waals surface area contributed by atoms with E-state index < -0.39 is 0 Å². The third kappa shape index (κ3) is 3.68. The normalized spacial score (nSPS) is 10.7. The topological polar surface area (TPSA) is 29.9 Å². The van der Waals surface area contributed by atoms with Crippen molar-refractivity contribution in [1.29, 1.82) is 0 Å². The molecule has 2 rings (SSSR count). The van der Waals surface area contributed by atoms with Crippen LogP contribution in [0.5, 0.6) is 0 Å². The summed E-state index contributed by atoms with van der Waals surface area (Å²) in [4.78, 5) is 0. The Labute approximate surface area is 110 Å². The van der Waals surface area contributed by atoms with E-state index in [0.29, 0.717) is 0 Å². The molecule has 0 saturated heterocycles. The summed E-state index contributed by atoms with van der Waals surface area (Å²) in [7, 11) is 1.98. The van der Waals surface area contributed by atoms with Gasteiger partial charge < -0.3 is 5.32 Å². The number of rotatable bonds is 5. The largest absolute Gasteiger partial charge is 0.312 e. The van der Waals surface area contributed by atoms with Crippen LogP contribution in [0.1, 0.15) is 11.3 Å². The lowest BCUT2D eigenvalue weighted by Gasteiger charge is -2.05. The van der Waals surface area contributed by atoms with Gasteiger partial charge in [-0.2, -0.15) is 5.10 Å². The fraction of sp³-hybridized carbons (Fsp3) is 0.308. The average Bonchev–Trinajstić information content (AvgIpc) is 2.71. The molecule has 0 bridgehead atoms. The zero-order valence-corrected chi connectivity index (χ0v) is 11.4. The first-order valence-electron chi connectivity index (χ1n) is 5.68. The summed E-state index contributed by atoms with van der Waals surface area (Å²) in [5.41, 5.74) is 2.55. The van der Waals surface area contributed by atoms with Crippen molar-refractivity contribution in [3.8, 4) is 0 Å². The molecule has 1 aromatic carbocycles. The molecule has 0 aliphatic rings. The third-order valence-electron chi connectivity index (χ3n) is 2.70. The van der Waals surface area contributed by atoms with Gasteiger partial charge in [0, 0.05) is 42.9 Å². The summed E-state index contributed by atoms with van der Waals surface area (Å²) in [6.45, 7) is 1.86. The molecule has 1 N–H and O–H groups in total. The SMILES string of the molecule is Cn1nccc1CCNCc1cccc(Br)c1. The molecule has 1 heterocycles. The first kappa shape index (κ1) is 12.3. The molecule has 0 unspecified atom stereocenters. The maximum Gasteiger partial charge on any atom is 0.0492 e. The second-order valence-electron chi connectivity index (χ2n) is 4.00. The van der Waals surface area contributed by atoms with Gasteiger partial charge in [0.2, 0.25) is 0 Å². The molecule has 4 heteroatoms. The van der Waals surface area contributed by atoms with Gasteiger partial charge in [-0.1, -0.05) is 28.1 Å². The summed E-state index contributed by atoms with van der Waals surface area (Å²) in [6, 6.07) is 10.4. The highest BCUT2D eigenvalue weighted by Crippen LogP contribution is 2.11. The predicted octanol–water partition coefficient (Wildman–Crippen LogP) is 2.51.